The van der Waals surface area contributed by atoms with Crippen LogP contribution in [-0.4, -0.2) is 35.5 Å². The van der Waals surface area contributed by atoms with Crippen LogP contribution in [0.15, 0.2) is 36.0 Å². The molecule has 5 nitrogen and oxygen atoms in total. The van der Waals surface area contributed by atoms with Crippen LogP contribution in [0.1, 0.15) is 29.6 Å². The highest BCUT2D eigenvalue weighted by Gasteiger charge is 2.16. The second kappa shape index (κ2) is 6.23. The number of hydrogen-bond donors (Lipinski definition) is 1. The van der Waals surface area contributed by atoms with Crippen molar-refractivity contribution in [1.82, 2.24) is 4.90 Å². The van der Waals surface area contributed by atoms with Gasteiger partial charge in [0, 0.05) is 12.7 Å². The fourth-order valence-corrected chi connectivity index (χ4v) is 2.08. The van der Waals surface area contributed by atoms with Crippen LogP contribution in [-0.2, 0) is 4.79 Å². The van der Waals surface area contributed by atoms with Crippen LogP contribution in [0, 0.1) is 0 Å². The van der Waals surface area contributed by atoms with Crippen molar-refractivity contribution in [3.8, 4) is 5.75 Å². The molecule has 0 heterocycles. The molecule has 0 atom stereocenters. The topological polar surface area (TPSA) is 66.8 Å². The Hall–Kier alpha value is -2.30. The Balaban J connectivity index is 1.93. The van der Waals surface area contributed by atoms with Gasteiger partial charge in [-0.3, -0.25) is 4.79 Å². The number of carboxylic acids is 1. The van der Waals surface area contributed by atoms with Gasteiger partial charge in [0.05, 0.1) is 5.56 Å². The summed E-state index contributed by atoms with van der Waals surface area (Å²) in [5, 5.41) is 8.88. The van der Waals surface area contributed by atoms with Crippen LogP contribution >= 0.6 is 0 Å². The molecule has 20 heavy (non-hydrogen) atoms. The molecule has 0 fully saturated rings. The van der Waals surface area contributed by atoms with Crippen LogP contribution in [0.4, 0.5) is 0 Å². The van der Waals surface area contributed by atoms with E-state index in [9.17, 15) is 9.59 Å². The number of nitrogens with zero attached hydrogens (tertiary/aromatic N) is 1. The predicted molar refractivity (Wildman–Crippen MR) is 73.6 cm³/mol. The molecule has 1 aromatic carbocycles. The molecule has 1 amide bonds. The molecule has 106 valence electrons. The highest BCUT2D eigenvalue weighted by Crippen LogP contribution is 2.20. The van der Waals surface area contributed by atoms with Crippen LogP contribution in [0.5, 0.6) is 5.75 Å². The minimum absolute atomic E-state index is 0.100. The van der Waals surface area contributed by atoms with E-state index < -0.39 is 5.97 Å². The van der Waals surface area contributed by atoms with Crippen LogP contribution in [0.2, 0.25) is 0 Å². The van der Waals surface area contributed by atoms with Gasteiger partial charge in [0.1, 0.15) is 5.75 Å². The van der Waals surface area contributed by atoms with Gasteiger partial charge in [0.15, 0.2) is 6.61 Å². The van der Waals surface area contributed by atoms with Gasteiger partial charge in [-0.25, -0.2) is 4.79 Å². The summed E-state index contributed by atoms with van der Waals surface area (Å²) in [6.45, 7) is -0.100. The first kappa shape index (κ1) is 14.1. The Morgan fingerprint density at radius 2 is 2.20 bits per heavy atom. The van der Waals surface area contributed by atoms with E-state index in [1.165, 1.54) is 12.1 Å². The second-order valence-electron chi connectivity index (χ2n) is 4.66. The molecular weight excluding hydrogens is 258 g/mol. The summed E-state index contributed by atoms with van der Waals surface area (Å²) < 4.78 is 5.36. The first-order valence-corrected chi connectivity index (χ1v) is 6.49. The molecule has 1 aromatic rings. The van der Waals surface area contributed by atoms with Crippen LogP contribution in [0.3, 0.4) is 0 Å². The summed E-state index contributed by atoms with van der Waals surface area (Å²) in [7, 11) is 1.73. The maximum absolute atomic E-state index is 12.0. The fourth-order valence-electron chi connectivity index (χ4n) is 2.08. The molecule has 0 radical (unpaired) electrons. The third-order valence-corrected chi connectivity index (χ3v) is 3.27. The summed E-state index contributed by atoms with van der Waals surface area (Å²) in [4.78, 5) is 24.4. The third kappa shape index (κ3) is 3.38. The van der Waals surface area contributed by atoms with E-state index in [0.29, 0.717) is 5.75 Å². The molecule has 1 N–H and O–H groups in total. The van der Waals surface area contributed by atoms with Gasteiger partial charge in [0.25, 0.3) is 5.91 Å². The Labute approximate surface area is 117 Å². The minimum atomic E-state index is -1.02. The standard InChI is InChI=1S/C15H17NO4/c1-16(12-6-2-3-7-12)14(17)10-20-13-8-4-5-11(9-13)15(18)19/h4-6,8-9H,2-3,7,10H2,1H3,(H,18,19). The lowest BCUT2D eigenvalue weighted by Crippen LogP contribution is -2.30. The van der Waals surface area contributed by atoms with E-state index >= 15 is 0 Å². The van der Waals surface area contributed by atoms with E-state index in [-0.39, 0.29) is 18.1 Å². The number of aromatic carboxylic acids is 1. The van der Waals surface area contributed by atoms with E-state index in [1.807, 2.05) is 0 Å². The monoisotopic (exact) mass is 275 g/mol. The molecule has 0 aliphatic heterocycles. The predicted octanol–water partition coefficient (Wildman–Crippen LogP) is 2.29. The zero-order valence-corrected chi connectivity index (χ0v) is 11.3. The summed E-state index contributed by atoms with van der Waals surface area (Å²) in [6, 6.07) is 6.11. The van der Waals surface area contributed by atoms with Gasteiger partial charge in [-0.2, -0.15) is 0 Å². The molecule has 0 spiro atoms. The Morgan fingerprint density at radius 1 is 1.40 bits per heavy atom. The number of hydrogen-bond acceptors (Lipinski definition) is 3. The number of ether oxygens (including phenoxy) is 1. The number of amides is 1. The van der Waals surface area contributed by atoms with Gasteiger partial charge in [0.2, 0.25) is 0 Å². The normalized spacial score (nSPS) is 13.8. The number of benzene rings is 1. The average Bonchev–Trinajstić information content (AvgIpc) is 2.98. The Kier molecular flexibility index (Phi) is 4.40. The summed E-state index contributed by atoms with van der Waals surface area (Å²) in [5.74, 6) is -0.777. The van der Waals surface area contributed by atoms with Crippen molar-refractivity contribution in [2.45, 2.75) is 19.3 Å². The first-order chi connectivity index (χ1) is 9.58. The van der Waals surface area contributed by atoms with Crippen molar-refractivity contribution >= 4 is 11.9 Å². The third-order valence-electron chi connectivity index (χ3n) is 3.27. The molecule has 0 aromatic heterocycles. The van der Waals surface area contributed by atoms with Crippen LogP contribution in [0.25, 0.3) is 0 Å². The largest absolute Gasteiger partial charge is 0.484 e. The zero-order chi connectivity index (χ0) is 14.5. The van der Waals surface area contributed by atoms with Gasteiger partial charge < -0.3 is 14.7 Å². The maximum atomic E-state index is 12.0. The van der Waals surface area contributed by atoms with E-state index in [4.69, 9.17) is 9.84 Å². The number of rotatable bonds is 5. The SMILES string of the molecule is CN(C(=O)COc1cccc(C(=O)O)c1)C1=CCCC1. The fraction of sp³-hybridized carbons (Fsp3) is 0.333. The molecule has 0 saturated carbocycles. The number of likely N-dealkylation sites (N-methyl/N-ethyl adjacent to an activating group) is 1. The minimum Gasteiger partial charge on any atom is -0.484 e. The van der Waals surface area contributed by atoms with Crippen molar-refractivity contribution in [2.75, 3.05) is 13.7 Å². The lowest BCUT2D eigenvalue weighted by molar-refractivity contribution is -0.130. The quantitative estimate of drug-likeness (QED) is 0.895. The van der Waals surface area contributed by atoms with Crippen LogP contribution < -0.4 is 4.74 Å². The van der Waals surface area contributed by atoms with E-state index in [0.717, 1.165) is 25.0 Å². The Bertz CT molecular complexity index is 551. The lowest BCUT2D eigenvalue weighted by Gasteiger charge is -2.18. The highest BCUT2D eigenvalue weighted by molar-refractivity contribution is 5.88. The first-order valence-electron chi connectivity index (χ1n) is 6.49. The molecule has 1 aliphatic rings. The average molecular weight is 275 g/mol. The zero-order valence-electron chi connectivity index (χ0n) is 11.3. The van der Waals surface area contributed by atoms with Gasteiger partial charge >= 0.3 is 5.97 Å². The van der Waals surface area contributed by atoms with E-state index in [2.05, 4.69) is 6.08 Å². The smallest absolute Gasteiger partial charge is 0.335 e. The summed E-state index contributed by atoms with van der Waals surface area (Å²) in [6.07, 6.45) is 5.06. The molecule has 0 saturated heterocycles. The van der Waals surface area contributed by atoms with E-state index in [1.54, 1.807) is 24.1 Å². The van der Waals surface area contributed by atoms with Crippen molar-refractivity contribution in [1.29, 1.82) is 0 Å². The van der Waals surface area contributed by atoms with Gasteiger partial charge in [-0.15, -0.1) is 0 Å². The molecule has 2 rings (SSSR count). The molecule has 0 unspecified atom stereocenters. The molecule has 1 aliphatic carbocycles. The number of allylic oxidation sites excluding steroid dienone is 2. The molecule has 0 bridgehead atoms. The molecule has 5 heteroatoms. The second-order valence-corrected chi connectivity index (χ2v) is 4.66. The highest BCUT2D eigenvalue weighted by atomic mass is 16.5. The van der Waals surface area contributed by atoms with Crippen molar-refractivity contribution in [2.24, 2.45) is 0 Å². The number of carboxylic acid groups (broad SMARTS) is 1. The lowest BCUT2D eigenvalue weighted by atomic mass is 10.2. The number of carbonyl (C=O) groups is 2. The molecular formula is C15H17NO4. The van der Waals surface area contributed by atoms with Gasteiger partial charge in [-0.1, -0.05) is 12.1 Å². The number of carbonyl (C=O) groups excluding carboxylic acids is 1. The van der Waals surface area contributed by atoms with Crippen molar-refractivity contribution in [3.63, 3.8) is 0 Å². The Morgan fingerprint density at radius 3 is 2.85 bits per heavy atom. The summed E-state index contributed by atoms with van der Waals surface area (Å²) in [5.41, 5.74) is 1.17. The van der Waals surface area contributed by atoms with Crippen molar-refractivity contribution in [3.05, 3.63) is 41.6 Å². The summed E-state index contributed by atoms with van der Waals surface area (Å²) >= 11 is 0. The van der Waals surface area contributed by atoms with Crippen molar-refractivity contribution < 1.29 is 19.4 Å². The maximum Gasteiger partial charge on any atom is 0.335 e. The van der Waals surface area contributed by atoms with Gasteiger partial charge in [-0.05, 0) is 37.5 Å².